The van der Waals surface area contributed by atoms with Crippen LogP contribution in [0.2, 0.25) is 5.02 Å². The van der Waals surface area contributed by atoms with E-state index in [1.165, 1.54) is 12.1 Å². The first-order valence-electron chi connectivity index (χ1n) is 11.0. The molecule has 0 aromatic heterocycles. The third-order valence-electron chi connectivity index (χ3n) is 5.77. The maximum absolute atomic E-state index is 13.1. The highest BCUT2D eigenvalue weighted by Crippen LogP contribution is 2.28. The fourth-order valence-electron chi connectivity index (χ4n) is 3.87. The van der Waals surface area contributed by atoms with Crippen molar-refractivity contribution in [2.45, 2.75) is 72.0 Å². The van der Waals surface area contributed by atoms with Crippen molar-refractivity contribution in [3.8, 4) is 5.75 Å². The van der Waals surface area contributed by atoms with Gasteiger partial charge >= 0.3 is 0 Å². The molecule has 0 aliphatic carbocycles. The zero-order valence-corrected chi connectivity index (χ0v) is 20.3. The van der Waals surface area contributed by atoms with Crippen LogP contribution in [0.25, 0.3) is 0 Å². The highest BCUT2D eigenvalue weighted by Gasteiger charge is 2.37. The van der Waals surface area contributed by atoms with Crippen molar-refractivity contribution in [2.75, 3.05) is 6.54 Å². The largest absolute Gasteiger partial charge is 0.506 e. The molecule has 1 aromatic rings. The van der Waals surface area contributed by atoms with Gasteiger partial charge in [-0.3, -0.25) is 14.4 Å². The van der Waals surface area contributed by atoms with Crippen molar-refractivity contribution >= 4 is 29.3 Å². The third kappa shape index (κ3) is 6.25. The molecule has 1 aliphatic rings. The van der Waals surface area contributed by atoms with Crippen LogP contribution in [0.4, 0.5) is 0 Å². The second-order valence-electron chi connectivity index (χ2n) is 9.03. The first-order valence-corrected chi connectivity index (χ1v) is 11.3. The summed E-state index contributed by atoms with van der Waals surface area (Å²) in [7, 11) is 0. The van der Waals surface area contributed by atoms with E-state index in [0.717, 1.165) is 12.0 Å². The molecule has 3 atom stereocenters. The molecule has 7 nitrogen and oxygen atoms in total. The molecule has 2 rings (SSSR count). The molecule has 3 amide bonds. The molecule has 0 saturated carbocycles. The molecule has 1 aromatic carbocycles. The second-order valence-corrected chi connectivity index (χ2v) is 9.44. The summed E-state index contributed by atoms with van der Waals surface area (Å²) in [6.07, 6.45) is 2.00. The average molecular weight is 464 g/mol. The van der Waals surface area contributed by atoms with Crippen LogP contribution in [0.15, 0.2) is 24.3 Å². The summed E-state index contributed by atoms with van der Waals surface area (Å²) in [5.74, 6) is -0.795. The standard InChI is InChI=1S/C24H34ClN3O4/c1-13(2)10-19(14(3)4)27-23(31)20-8-7-9-28(20)24(32)16(6)26-22(30)17-11-15(5)21(29)18(25)12-17/h11-12,14,16,19-20,29H,1,7-10H2,2-6H3,(H,26,30)(H,27,31). The van der Waals surface area contributed by atoms with Crippen LogP contribution in [-0.4, -0.2) is 52.4 Å². The molecule has 176 valence electrons. The van der Waals surface area contributed by atoms with Crippen LogP contribution in [0, 0.1) is 12.8 Å². The van der Waals surface area contributed by atoms with Crippen molar-refractivity contribution in [2.24, 2.45) is 5.92 Å². The number of aryl methyl sites for hydroxylation is 1. The number of nitrogens with zero attached hydrogens (tertiary/aromatic N) is 1. The molecule has 0 bridgehead atoms. The van der Waals surface area contributed by atoms with Crippen molar-refractivity contribution in [3.05, 3.63) is 40.4 Å². The number of benzene rings is 1. The Kier molecular flexibility index (Phi) is 8.73. The number of halogens is 1. The SMILES string of the molecule is C=C(C)CC(NC(=O)C1CCCN1C(=O)C(C)NC(=O)c1cc(C)c(O)c(Cl)c1)C(C)C. The topological polar surface area (TPSA) is 98.7 Å². The van der Waals surface area contributed by atoms with E-state index in [9.17, 15) is 19.5 Å². The average Bonchev–Trinajstić information content (AvgIpc) is 3.19. The predicted molar refractivity (Wildman–Crippen MR) is 126 cm³/mol. The van der Waals surface area contributed by atoms with E-state index in [4.69, 9.17) is 11.6 Å². The summed E-state index contributed by atoms with van der Waals surface area (Å²) in [6.45, 7) is 13.7. The van der Waals surface area contributed by atoms with Crippen LogP contribution < -0.4 is 10.6 Å². The van der Waals surface area contributed by atoms with Gasteiger partial charge in [-0.1, -0.05) is 31.0 Å². The van der Waals surface area contributed by atoms with Crippen LogP contribution in [0.3, 0.4) is 0 Å². The molecule has 1 saturated heterocycles. The molecule has 8 heteroatoms. The summed E-state index contributed by atoms with van der Waals surface area (Å²) < 4.78 is 0. The maximum atomic E-state index is 13.1. The lowest BCUT2D eigenvalue weighted by molar-refractivity contribution is -0.139. The molecule has 0 radical (unpaired) electrons. The first kappa shape index (κ1) is 25.7. The summed E-state index contributed by atoms with van der Waals surface area (Å²) in [4.78, 5) is 40.2. The van der Waals surface area contributed by atoms with Gasteiger partial charge < -0.3 is 20.6 Å². The fourth-order valence-corrected chi connectivity index (χ4v) is 4.14. The molecular weight excluding hydrogens is 430 g/mol. The van der Waals surface area contributed by atoms with E-state index in [2.05, 4.69) is 17.2 Å². The Balaban J connectivity index is 2.06. The van der Waals surface area contributed by atoms with E-state index in [1.54, 1.807) is 18.7 Å². The van der Waals surface area contributed by atoms with E-state index in [1.807, 2.05) is 20.8 Å². The van der Waals surface area contributed by atoms with Crippen LogP contribution >= 0.6 is 11.6 Å². The molecule has 1 heterocycles. The highest BCUT2D eigenvalue weighted by molar-refractivity contribution is 6.32. The molecule has 32 heavy (non-hydrogen) atoms. The van der Waals surface area contributed by atoms with Crippen LogP contribution in [0.1, 0.15) is 62.9 Å². The number of phenolic OH excluding ortho intramolecular Hbond substituents is 1. The predicted octanol–water partition coefficient (Wildman–Crippen LogP) is 3.57. The van der Waals surface area contributed by atoms with Crippen LogP contribution in [0.5, 0.6) is 5.75 Å². The number of likely N-dealkylation sites (tertiary alicyclic amines) is 1. The molecule has 3 unspecified atom stereocenters. The first-order chi connectivity index (χ1) is 14.9. The number of carbonyl (C=O) groups excluding carboxylic acids is 3. The smallest absolute Gasteiger partial charge is 0.251 e. The van der Waals surface area contributed by atoms with Crippen molar-refractivity contribution in [1.29, 1.82) is 0 Å². The number of hydrogen-bond donors (Lipinski definition) is 3. The summed E-state index contributed by atoms with van der Waals surface area (Å²) in [6, 6.07) is 1.44. The third-order valence-corrected chi connectivity index (χ3v) is 6.06. The summed E-state index contributed by atoms with van der Waals surface area (Å²) in [5, 5.41) is 15.6. The number of rotatable bonds is 8. The van der Waals surface area contributed by atoms with Gasteiger partial charge in [-0.25, -0.2) is 0 Å². The Labute approximate surface area is 195 Å². The van der Waals surface area contributed by atoms with E-state index in [0.29, 0.717) is 24.9 Å². The number of amides is 3. The number of phenols is 1. The Morgan fingerprint density at radius 1 is 1.25 bits per heavy atom. The Hall–Kier alpha value is -2.54. The zero-order valence-electron chi connectivity index (χ0n) is 19.5. The number of aromatic hydroxyl groups is 1. The molecule has 1 fully saturated rings. The number of hydrogen-bond acceptors (Lipinski definition) is 4. The van der Waals surface area contributed by atoms with Gasteiger partial charge in [0.25, 0.3) is 5.91 Å². The van der Waals surface area contributed by atoms with Gasteiger partial charge in [0.15, 0.2) is 0 Å². The van der Waals surface area contributed by atoms with Crippen molar-refractivity contribution in [3.63, 3.8) is 0 Å². The molecule has 0 spiro atoms. The van der Waals surface area contributed by atoms with E-state index in [-0.39, 0.29) is 40.1 Å². The normalized spacial score (nSPS) is 17.7. The minimum absolute atomic E-state index is 0.0443. The number of carbonyl (C=O) groups is 3. The molecular formula is C24H34ClN3O4. The van der Waals surface area contributed by atoms with Gasteiger partial charge in [0.1, 0.15) is 17.8 Å². The van der Waals surface area contributed by atoms with Crippen molar-refractivity contribution < 1.29 is 19.5 Å². The Bertz CT molecular complexity index is 876. The van der Waals surface area contributed by atoms with E-state index < -0.39 is 18.0 Å². The van der Waals surface area contributed by atoms with E-state index >= 15 is 0 Å². The minimum Gasteiger partial charge on any atom is -0.506 e. The lowest BCUT2D eigenvalue weighted by atomic mass is 9.97. The van der Waals surface area contributed by atoms with Gasteiger partial charge in [-0.15, -0.1) is 6.58 Å². The maximum Gasteiger partial charge on any atom is 0.251 e. The summed E-state index contributed by atoms with van der Waals surface area (Å²) in [5.41, 5.74) is 1.71. The van der Waals surface area contributed by atoms with Crippen molar-refractivity contribution in [1.82, 2.24) is 15.5 Å². The Morgan fingerprint density at radius 2 is 1.91 bits per heavy atom. The summed E-state index contributed by atoms with van der Waals surface area (Å²) >= 11 is 5.96. The minimum atomic E-state index is -0.819. The van der Waals surface area contributed by atoms with Gasteiger partial charge in [0.05, 0.1) is 5.02 Å². The quantitative estimate of drug-likeness (QED) is 0.513. The van der Waals surface area contributed by atoms with Gasteiger partial charge in [0, 0.05) is 18.2 Å². The molecule has 3 N–H and O–H groups in total. The fraction of sp³-hybridized carbons (Fsp3) is 0.542. The van der Waals surface area contributed by atoms with Gasteiger partial charge in [0.2, 0.25) is 11.8 Å². The Morgan fingerprint density at radius 3 is 2.47 bits per heavy atom. The second kappa shape index (κ2) is 10.9. The highest BCUT2D eigenvalue weighted by atomic mass is 35.5. The van der Waals surface area contributed by atoms with Gasteiger partial charge in [-0.2, -0.15) is 0 Å². The lowest BCUT2D eigenvalue weighted by Crippen LogP contribution is -2.54. The molecule has 1 aliphatic heterocycles. The van der Waals surface area contributed by atoms with Gasteiger partial charge in [-0.05, 0) is 63.6 Å². The van der Waals surface area contributed by atoms with Crippen LogP contribution in [-0.2, 0) is 9.59 Å². The number of nitrogens with one attached hydrogen (secondary N) is 2. The zero-order chi connectivity index (χ0) is 24.2. The monoisotopic (exact) mass is 463 g/mol. The lowest BCUT2D eigenvalue weighted by Gasteiger charge is -2.30.